The summed E-state index contributed by atoms with van der Waals surface area (Å²) in [7, 11) is 0. The summed E-state index contributed by atoms with van der Waals surface area (Å²) in [4.78, 5) is 2.57. The van der Waals surface area contributed by atoms with Crippen molar-refractivity contribution in [3.05, 3.63) is 0 Å². The van der Waals surface area contributed by atoms with Crippen molar-refractivity contribution in [1.29, 1.82) is 0 Å². The maximum absolute atomic E-state index is 8.75. The molecule has 1 aliphatic rings. The molecule has 100 valence electrons. The topological polar surface area (TPSA) is 61.8 Å². The number of nitrogens with zero attached hydrogens (tertiary/aromatic N) is 2. The minimum absolute atomic E-state index is 0.214. The molecular formula is C13H27N3O. The molecule has 0 aliphatic heterocycles. The summed E-state index contributed by atoms with van der Waals surface area (Å²) >= 11 is 0. The van der Waals surface area contributed by atoms with Crippen molar-refractivity contribution < 1.29 is 5.21 Å². The molecule has 0 heterocycles. The molecule has 17 heavy (non-hydrogen) atoms. The predicted molar refractivity (Wildman–Crippen MR) is 71.3 cm³/mol. The SMILES string of the molecule is CCCCN(CCC(C)(C)C(N)=NO)C1CC1. The van der Waals surface area contributed by atoms with E-state index in [1.165, 1.54) is 32.2 Å². The summed E-state index contributed by atoms with van der Waals surface area (Å²) in [6, 6.07) is 0.796. The van der Waals surface area contributed by atoms with Crippen molar-refractivity contribution in [2.45, 2.75) is 58.9 Å². The average molecular weight is 241 g/mol. The molecule has 0 atom stereocenters. The molecule has 4 nitrogen and oxygen atoms in total. The molecule has 1 aliphatic carbocycles. The summed E-state index contributed by atoms with van der Waals surface area (Å²) in [6.07, 6.45) is 6.14. The number of nitrogens with two attached hydrogens (primary N) is 1. The van der Waals surface area contributed by atoms with Gasteiger partial charge in [-0.2, -0.15) is 0 Å². The van der Waals surface area contributed by atoms with E-state index in [1.54, 1.807) is 0 Å². The van der Waals surface area contributed by atoms with E-state index >= 15 is 0 Å². The summed E-state index contributed by atoms with van der Waals surface area (Å²) in [5, 5.41) is 11.9. The fraction of sp³-hybridized carbons (Fsp3) is 0.923. The highest BCUT2D eigenvalue weighted by molar-refractivity contribution is 5.85. The highest BCUT2D eigenvalue weighted by Gasteiger charge is 2.31. The van der Waals surface area contributed by atoms with Gasteiger partial charge < -0.3 is 15.8 Å². The van der Waals surface area contributed by atoms with Crippen LogP contribution in [-0.4, -0.2) is 35.1 Å². The van der Waals surface area contributed by atoms with Crippen LogP contribution >= 0.6 is 0 Å². The molecule has 0 aromatic rings. The van der Waals surface area contributed by atoms with Crippen LogP contribution in [-0.2, 0) is 0 Å². The van der Waals surface area contributed by atoms with Crippen molar-refractivity contribution in [2.75, 3.05) is 13.1 Å². The molecule has 0 aromatic heterocycles. The maximum atomic E-state index is 8.75. The lowest BCUT2D eigenvalue weighted by Gasteiger charge is -2.28. The predicted octanol–water partition coefficient (Wildman–Crippen LogP) is 2.41. The standard InChI is InChI=1S/C13H27N3O/c1-4-5-9-16(11-6-7-11)10-8-13(2,3)12(14)15-17/h11,17H,4-10H2,1-3H3,(H2,14,15). The summed E-state index contributed by atoms with van der Waals surface area (Å²) < 4.78 is 0. The lowest BCUT2D eigenvalue weighted by atomic mass is 9.88. The molecule has 0 bridgehead atoms. The molecule has 4 heteroatoms. The molecule has 1 saturated carbocycles. The van der Waals surface area contributed by atoms with Crippen LogP contribution in [0.15, 0.2) is 5.16 Å². The number of hydrogen-bond donors (Lipinski definition) is 2. The van der Waals surface area contributed by atoms with Crippen molar-refractivity contribution in [3.63, 3.8) is 0 Å². The van der Waals surface area contributed by atoms with E-state index in [2.05, 4.69) is 17.0 Å². The van der Waals surface area contributed by atoms with E-state index in [0.29, 0.717) is 5.84 Å². The van der Waals surface area contributed by atoms with Crippen LogP contribution in [0.25, 0.3) is 0 Å². The molecular weight excluding hydrogens is 214 g/mol. The van der Waals surface area contributed by atoms with Crippen LogP contribution in [0.5, 0.6) is 0 Å². The quantitative estimate of drug-likeness (QED) is 0.297. The van der Waals surface area contributed by atoms with Gasteiger partial charge in [0.1, 0.15) is 5.84 Å². The third-order valence-corrected chi connectivity index (χ3v) is 3.69. The molecule has 3 N–H and O–H groups in total. The second-order valence-electron chi connectivity index (χ2n) is 5.74. The molecule has 1 rings (SSSR count). The minimum atomic E-state index is -0.214. The van der Waals surface area contributed by atoms with E-state index < -0.39 is 0 Å². The second-order valence-corrected chi connectivity index (χ2v) is 5.74. The van der Waals surface area contributed by atoms with E-state index in [9.17, 15) is 0 Å². The second kappa shape index (κ2) is 6.24. The summed E-state index contributed by atoms with van der Waals surface area (Å²) in [6.45, 7) is 8.53. The normalized spacial score (nSPS) is 17.8. The average Bonchev–Trinajstić information content (AvgIpc) is 3.12. The van der Waals surface area contributed by atoms with E-state index in [-0.39, 0.29) is 5.41 Å². The minimum Gasteiger partial charge on any atom is -0.409 e. The van der Waals surface area contributed by atoms with Gasteiger partial charge in [0.15, 0.2) is 0 Å². The first-order valence-electron chi connectivity index (χ1n) is 6.73. The first-order chi connectivity index (χ1) is 8.01. The smallest absolute Gasteiger partial charge is 0.144 e. The van der Waals surface area contributed by atoms with Crippen LogP contribution in [0, 0.1) is 5.41 Å². The lowest BCUT2D eigenvalue weighted by molar-refractivity contribution is 0.229. The Balaban J connectivity index is 2.40. The Morgan fingerprint density at radius 3 is 2.53 bits per heavy atom. The third-order valence-electron chi connectivity index (χ3n) is 3.69. The zero-order valence-electron chi connectivity index (χ0n) is 11.4. The molecule has 0 saturated heterocycles. The van der Waals surface area contributed by atoms with Crippen molar-refractivity contribution >= 4 is 5.84 Å². The van der Waals surface area contributed by atoms with Gasteiger partial charge in [-0.05, 0) is 38.8 Å². The van der Waals surface area contributed by atoms with E-state index in [4.69, 9.17) is 10.9 Å². The van der Waals surface area contributed by atoms with Crippen molar-refractivity contribution in [1.82, 2.24) is 4.90 Å². The number of unbranched alkanes of at least 4 members (excludes halogenated alkanes) is 1. The van der Waals surface area contributed by atoms with E-state index in [1.807, 2.05) is 13.8 Å². The Labute approximate surface area is 105 Å². The zero-order valence-corrected chi connectivity index (χ0v) is 11.4. The first kappa shape index (κ1) is 14.3. The van der Waals surface area contributed by atoms with Gasteiger partial charge in [0, 0.05) is 11.5 Å². The van der Waals surface area contributed by atoms with Crippen molar-refractivity contribution in [3.8, 4) is 0 Å². The van der Waals surface area contributed by atoms with Gasteiger partial charge >= 0.3 is 0 Å². The Morgan fingerprint density at radius 1 is 1.41 bits per heavy atom. The molecule has 0 radical (unpaired) electrons. The van der Waals surface area contributed by atoms with Gasteiger partial charge in [-0.25, -0.2) is 0 Å². The molecule has 1 fully saturated rings. The van der Waals surface area contributed by atoms with Gasteiger partial charge in [0.25, 0.3) is 0 Å². The van der Waals surface area contributed by atoms with Gasteiger partial charge in [-0.3, -0.25) is 0 Å². The van der Waals surface area contributed by atoms with Gasteiger partial charge in [-0.15, -0.1) is 0 Å². The Bertz CT molecular complexity index is 259. The number of hydrogen-bond acceptors (Lipinski definition) is 3. The largest absolute Gasteiger partial charge is 0.409 e. The molecule has 0 unspecified atom stereocenters. The van der Waals surface area contributed by atoms with Crippen LogP contribution in [0.4, 0.5) is 0 Å². The summed E-state index contributed by atoms with van der Waals surface area (Å²) in [5.41, 5.74) is 5.50. The lowest BCUT2D eigenvalue weighted by Crippen LogP contribution is -2.37. The molecule has 0 spiro atoms. The highest BCUT2D eigenvalue weighted by Crippen LogP contribution is 2.29. The van der Waals surface area contributed by atoms with Crippen LogP contribution in [0.2, 0.25) is 0 Å². The first-order valence-corrected chi connectivity index (χ1v) is 6.73. The van der Waals surface area contributed by atoms with Crippen LogP contribution < -0.4 is 5.73 Å². The number of amidine groups is 1. The Hall–Kier alpha value is -0.770. The highest BCUT2D eigenvalue weighted by atomic mass is 16.4. The van der Waals surface area contributed by atoms with Gasteiger partial charge in [0.2, 0.25) is 0 Å². The fourth-order valence-electron chi connectivity index (χ4n) is 1.96. The fourth-order valence-corrected chi connectivity index (χ4v) is 1.96. The monoisotopic (exact) mass is 241 g/mol. The third kappa shape index (κ3) is 4.54. The van der Waals surface area contributed by atoms with Gasteiger partial charge in [0.05, 0.1) is 0 Å². The number of oxime groups is 1. The van der Waals surface area contributed by atoms with Crippen molar-refractivity contribution in [2.24, 2.45) is 16.3 Å². The van der Waals surface area contributed by atoms with Gasteiger partial charge in [-0.1, -0.05) is 32.3 Å². The molecule has 0 amide bonds. The zero-order chi connectivity index (χ0) is 12.9. The van der Waals surface area contributed by atoms with E-state index in [0.717, 1.165) is 19.0 Å². The Morgan fingerprint density at radius 2 is 2.06 bits per heavy atom. The maximum Gasteiger partial charge on any atom is 0.144 e. The van der Waals surface area contributed by atoms with Crippen LogP contribution in [0.1, 0.15) is 52.9 Å². The summed E-state index contributed by atoms with van der Waals surface area (Å²) in [5.74, 6) is 0.337. The Kier molecular flexibility index (Phi) is 5.25. The molecule has 0 aromatic carbocycles. The number of rotatable bonds is 8. The van der Waals surface area contributed by atoms with Crippen LogP contribution in [0.3, 0.4) is 0 Å².